The van der Waals surface area contributed by atoms with E-state index >= 15 is 0 Å². The lowest BCUT2D eigenvalue weighted by atomic mass is 9.81. The van der Waals surface area contributed by atoms with Gasteiger partial charge in [-0.15, -0.1) is 0 Å². The zero-order valence-corrected chi connectivity index (χ0v) is 29.7. The van der Waals surface area contributed by atoms with E-state index in [0.717, 1.165) is 67.0 Å². The zero-order chi connectivity index (χ0) is 35.6. The molecular formula is C40H50N6O4. The minimum absolute atomic E-state index is 0.0422. The van der Waals surface area contributed by atoms with Gasteiger partial charge < -0.3 is 25.8 Å². The normalized spacial score (nSPS) is 19.0. The van der Waals surface area contributed by atoms with Crippen molar-refractivity contribution in [3.8, 4) is 11.1 Å². The van der Waals surface area contributed by atoms with Crippen LogP contribution in [-0.2, 0) is 20.8 Å². The molecule has 0 bridgehead atoms. The molecule has 10 nitrogen and oxygen atoms in total. The third-order valence-electron chi connectivity index (χ3n) is 10.0. The number of aliphatic imine (C=N–C) groups is 1. The smallest absolute Gasteiger partial charge is 0.253 e. The lowest BCUT2D eigenvalue weighted by Gasteiger charge is -2.32. The van der Waals surface area contributed by atoms with Crippen LogP contribution in [0.3, 0.4) is 0 Å². The van der Waals surface area contributed by atoms with Gasteiger partial charge in [-0.25, -0.2) is 0 Å². The number of benzene rings is 3. The summed E-state index contributed by atoms with van der Waals surface area (Å²) >= 11 is 0. The molecule has 0 spiro atoms. The summed E-state index contributed by atoms with van der Waals surface area (Å²) in [6, 6.07) is 22.4. The van der Waals surface area contributed by atoms with Crippen LogP contribution in [0.25, 0.3) is 11.1 Å². The average Bonchev–Trinajstić information content (AvgIpc) is 3.14. The molecule has 1 saturated carbocycles. The first-order chi connectivity index (χ1) is 24.1. The summed E-state index contributed by atoms with van der Waals surface area (Å²) in [6.07, 6.45) is 3.44. The van der Waals surface area contributed by atoms with Crippen LogP contribution in [0.2, 0.25) is 0 Å². The second kappa shape index (κ2) is 17.2. The van der Waals surface area contributed by atoms with Crippen molar-refractivity contribution in [3.63, 3.8) is 0 Å². The molecule has 1 aliphatic carbocycles. The van der Waals surface area contributed by atoms with Crippen molar-refractivity contribution in [2.75, 3.05) is 52.1 Å². The molecule has 5 rings (SSSR count). The first-order valence-electron chi connectivity index (χ1n) is 17.7. The summed E-state index contributed by atoms with van der Waals surface area (Å²) < 4.78 is 0. The Hall–Kier alpha value is -4.83. The topological polar surface area (TPSA) is 123 Å². The third kappa shape index (κ3) is 9.88. The highest BCUT2D eigenvalue weighted by Crippen LogP contribution is 2.29. The van der Waals surface area contributed by atoms with Gasteiger partial charge in [0.2, 0.25) is 17.7 Å². The minimum Gasteiger partial charge on any atom is -0.356 e. The Morgan fingerprint density at radius 3 is 2.12 bits per heavy atom. The second-order valence-corrected chi connectivity index (χ2v) is 13.7. The fraction of sp³-hybridized carbons (Fsp3) is 0.425. The first kappa shape index (κ1) is 36.5. The Morgan fingerprint density at radius 2 is 1.48 bits per heavy atom. The number of nitrogens with one attached hydrogen (secondary N) is 3. The van der Waals surface area contributed by atoms with Crippen molar-refractivity contribution in [2.24, 2.45) is 16.8 Å². The predicted molar refractivity (Wildman–Crippen MR) is 198 cm³/mol. The first-order valence-corrected chi connectivity index (χ1v) is 17.7. The fourth-order valence-electron chi connectivity index (χ4n) is 6.68. The molecule has 1 saturated heterocycles. The summed E-state index contributed by atoms with van der Waals surface area (Å²) in [5.74, 6) is -0.235. The zero-order valence-electron chi connectivity index (χ0n) is 29.7. The van der Waals surface area contributed by atoms with Gasteiger partial charge >= 0.3 is 0 Å². The van der Waals surface area contributed by atoms with Gasteiger partial charge in [0.15, 0.2) is 0 Å². The van der Waals surface area contributed by atoms with Crippen molar-refractivity contribution >= 4 is 35.0 Å². The molecule has 1 atom stereocenters. The number of nitrogens with zero attached hydrogens (tertiary/aromatic N) is 3. The van der Waals surface area contributed by atoms with Crippen molar-refractivity contribution in [3.05, 3.63) is 89.5 Å². The highest BCUT2D eigenvalue weighted by molar-refractivity contribution is 6.00. The van der Waals surface area contributed by atoms with Crippen LogP contribution < -0.4 is 16.0 Å². The van der Waals surface area contributed by atoms with Crippen LogP contribution in [0.1, 0.15) is 61.0 Å². The molecule has 1 aliphatic heterocycles. The summed E-state index contributed by atoms with van der Waals surface area (Å²) in [6.45, 7) is 7.27. The fourth-order valence-corrected chi connectivity index (χ4v) is 6.68. The molecule has 3 N–H and O–H groups in total. The van der Waals surface area contributed by atoms with Crippen molar-refractivity contribution < 1.29 is 19.2 Å². The van der Waals surface area contributed by atoms with Gasteiger partial charge in [-0.1, -0.05) is 48.5 Å². The molecule has 264 valence electrons. The highest BCUT2D eigenvalue weighted by atomic mass is 16.2. The Bertz CT molecular complexity index is 1670. The van der Waals surface area contributed by atoms with Crippen LogP contribution in [0, 0.1) is 11.8 Å². The Balaban J connectivity index is 1.29. The minimum atomic E-state index is -0.794. The monoisotopic (exact) mass is 678 g/mol. The van der Waals surface area contributed by atoms with Crippen LogP contribution in [0.5, 0.6) is 0 Å². The Kier molecular flexibility index (Phi) is 12.5. The lowest BCUT2D eigenvalue weighted by Crippen LogP contribution is -2.48. The molecule has 2 fully saturated rings. The van der Waals surface area contributed by atoms with E-state index in [1.165, 1.54) is 6.92 Å². The van der Waals surface area contributed by atoms with Crippen LogP contribution >= 0.6 is 0 Å². The number of carbonyl (C=O) groups is 4. The molecule has 2 aliphatic rings. The lowest BCUT2D eigenvalue weighted by molar-refractivity contribution is -0.130. The number of hydrogen-bond acceptors (Lipinski definition) is 6. The number of rotatable bonds is 11. The van der Waals surface area contributed by atoms with E-state index in [2.05, 4.69) is 32.9 Å². The molecule has 3 aromatic rings. The maximum absolute atomic E-state index is 13.8. The van der Waals surface area contributed by atoms with Crippen LogP contribution in [-0.4, -0.2) is 92.0 Å². The molecule has 50 heavy (non-hydrogen) atoms. The van der Waals surface area contributed by atoms with E-state index in [-0.39, 0.29) is 29.5 Å². The van der Waals surface area contributed by atoms with Gasteiger partial charge in [-0.2, -0.15) is 0 Å². The van der Waals surface area contributed by atoms with E-state index in [1.807, 2.05) is 84.6 Å². The molecule has 0 aromatic heterocycles. The molecular weight excluding hydrogens is 628 g/mol. The molecule has 10 heteroatoms. The molecule has 4 amide bonds. The summed E-state index contributed by atoms with van der Waals surface area (Å²) in [7, 11) is 3.81. The van der Waals surface area contributed by atoms with Gasteiger partial charge in [0.25, 0.3) is 5.91 Å². The SMILES string of the molecule is CN=C(C)c1ccc(NC(=O)C(Cc2cccc(-c3ccc(C(=O)N4CCN(C)CC4)cc3)c2)NC(=O)C2CCC(CNC(C)=O)CC2)cc1. The van der Waals surface area contributed by atoms with Crippen LogP contribution in [0.15, 0.2) is 77.8 Å². The van der Waals surface area contributed by atoms with Crippen LogP contribution in [0.4, 0.5) is 5.69 Å². The number of carbonyl (C=O) groups excluding carboxylic acids is 4. The van der Waals surface area contributed by atoms with E-state index in [9.17, 15) is 19.2 Å². The molecule has 1 unspecified atom stereocenters. The summed E-state index contributed by atoms with van der Waals surface area (Å²) in [5.41, 5.74) is 6.02. The highest BCUT2D eigenvalue weighted by Gasteiger charge is 2.30. The number of likely N-dealkylation sites (N-methyl/N-ethyl adjacent to an activating group) is 1. The maximum atomic E-state index is 13.8. The third-order valence-corrected chi connectivity index (χ3v) is 10.0. The molecule has 1 heterocycles. The van der Waals surface area contributed by atoms with E-state index < -0.39 is 6.04 Å². The van der Waals surface area contributed by atoms with Gasteiger partial charge in [-0.05, 0) is 92.1 Å². The number of amides is 4. The van der Waals surface area contributed by atoms with Crippen molar-refractivity contribution in [1.82, 2.24) is 20.4 Å². The quantitative estimate of drug-likeness (QED) is 0.252. The summed E-state index contributed by atoms with van der Waals surface area (Å²) in [5, 5.41) is 8.99. The Morgan fingerprint density at radius 1 is 0.820 bits per heavy atom. The Labute approximate surface area is 295 Å². The molecule has 3 aromatic carbocycles. The van der Waals surface area contributed by atoms with Crippen molar-refractivity contribution in [2.45, 2.75) is 52.0 Å². The van der Waals surface area contributed by atoms with E-state index in [0.29, 0.717) is 43.0 Å². The number of hydrogen-bond donors (Lipinski definition) is 3. The number of anilines is 1. The second-order valence-electron chi connectivity index (χ2n) is 13.7. The van der Waals surface area contributed by atoms with E-state index in [4.69, 9.17) is 0 Å². The molecule has 0 radical (unpaired) electrons. The summed E-state index contributed by atoms with van der Waals surface area (Å²) in [4.78, 5) is 60.2. The standard InChI is InChI=1S/C40H50N6O4/c1-27(41-3)31-16-18-36(19-17-31)43-39(49)37(44-38(48)33-10-8-29(9-11-33)26-42-28(2)47)25-30-6-5-7-35(24-30)32-12-14-34(15-13-32)40(50)46-22-20-45(4)21-23-46/h5-7,12-19,24,29,33,37H,8-11,20-23,25-26H2,1-4H3,(H,42,47)(H,43,49)(H,44,48). The van der Waals surface area contributed by atoms with E-state index in [1.54, 1.807) is 7.05 Å². The van der Waals surface area contributed by atoms with Gasteiger partial charge in [0.1, 0.15) is 6.04 Å². The van der Waals surface area contributed by atoms with Gasteiger partial charge in [0.05, 0.1) is 0 Å². The van der Waals surface area contributed by atoms with Gasteiger partial charge in [-0.3, -0.25) is 24.2 Å². The predicted octanol–water partition coefficient (Wildman–Crippen LogP) is 4.79. The van der Waals surface area contributed by atoms with Crippen molar-refractivity contribution in [1.29, 1.82) is 0 Å². The number of piperazine rings is 1. The average molecular weight is 679 g/mol. The maximum Gasteiger partial charge on any atom is 0.253 e. The van der Waals surface area contributed by atoms with Gasteiger partial charge in [0, 0.05) is 76.0 Å². The largest absolute Gasteiger partial charge is 0.356 e.